The molecule has 1 aromatic carbocycles. The predicted molar refractivity (Wildman–Crippen MR) is 126 cm³/mol. The van der Waals surface area contributed by atoms with Crippen LogP contribution in [0.25, 0.3) is 0 Å². The van der Waals surface area contributed by atoms with Crippen molar-refractivity contribution in [3.05, 3.63) is 40.8 Å². The number of ether oxygens (including phenoxy) is 4. The van der Waals surface area contributed by atoms with Crippen molar-refractivity contribution >= 4 is 5.97 Å². The molecular weight excluding hydrogens is 475 g/mol. The van der Waals surface area contributed by atoms with E-state index in [1.165, 1.54) is 13.2 Å². The van der Waals surface area contributed by atoms with E-state index >= 15 is 0 Å². The lowest BCUT2D eigenvalue weighted by Crippen LogP contribution is -2.60. The molecule has 0 aliphatic carbocycles. The number of halogens is 1. The molecule has 1 aromatic heterocycles. The number of aliphatic hydroxyl groups is 3. The average Bonchev–Trinajstić information content (AvgIpc) is 3.15. The van der Waals surface area contributed by atoms with Gasteiger partial charge in [0.25, 0.3) is 0 Å². The van der Waals surface area contributed by atoms with Gasteiger partial charge in [0.05, 0.1) is 7.11 Å². The highest BCUT2D eigenvalue weighted by atomic mass is 19.1. The second kappa shape index (κ2) is 12.0. The summed E-state index contributed by atoms with van der Waals surface area (Å²) in [6, 6.07) is 4.50. The van der Waals surface area contributed by atoms with Crippen LogP contribution in [0.5, 0.6) is 11.6 Å². The Balaban J connectivity index is 1.86. The van der Waals surface area contributed by atoms with E-state index in [9.17, 15) is 24.5 Å². The van der Waals surface area contributed by atoms with E-state index in [0.717, 1.165) is 5.69 Å². The molecule has 200 valence electrons. The first-order chi connectivity index (χ1) is 17.1. The van der Waals surface area contributed by atoms with Gasteiger partial charge in [0.1, 0.15) is 42.6 Å². The minimum absolute atomic E-state index is 0.0443. The molecule has 3 rings (SSSR count). The smallest absolute Gasteiger partial charge is 0.305 e. The fourth-order valence-corrected chi connectivity index (χ4v) is 4.03. The second-order valence-electron chi connectivity index (χ2n) is 9.11. The summed E-state index contributed by atoms with van der Waals surface area (Å²) in [5, 5.41) is 35.7. The van der Waals surface area contributed by atoms with Crippen LogP contribution in [0.2, 0.25) is 0 Å². The first-order valence-electron chi connectivity index (χ1n) is 12.0. The molecule has 2 heterocycles. The summed E-state index contributed by atoms with van der Waals surface area (Å²) in [5.74, 6) is -0.454. The number of carbonyl (C=O) groups excluding carboxylic acids is 1. The molecule has 36 heavy (non-hydrogen) atoms. The van der Waals surface area contributed by atoms with E-state index in [1.807, 2.05) is 27.7 Å². The van der Waals surface area contributed by atoms with Gasteiger partial charge in [-0.1, -0.05) is 13.0 Å². The second-order valence-corrected chi connectivity index (χ2v) is 9.11. The average molecular weight is 511 g/mol. The lowest BCUT2D eigenvalue weighted by molar-refractivity contribution is -0.279. The van der Waals surface area contributed by atoms with E-state index in [1.54, 1.807) is 16.8 Å². The fourth-order valence-electron chi connectivity index (χ4n) is 4.03. The van der Waals surface area contributed by atoms with Gasteiger partial charge in [0, 0.05) is 36.2 Å². The lowest BCUT2D eigenvalue weighted by Gasteiger charge is -2.39. The summed E-state index contributed by atoms with van der Waals surface area (Å²) in [6.45, 7) is 7.17. The summed E-state index contributed by atoms with van der Waals surface area (Å²) in [5.41, 5.74) is 1.68. The number of rotatable bonds is 10. The molecule has 0 amide bonds. The third-order valence-corrected chi connectivity index (χ3v) is 6.11. The van der Waals surface area contributed by atoms with Crippen molar-refractivity contribution in [2.24, 2.45) is 0 Å². The summed E-state index contributed by atoms with van der Waals surface area (Å²) in [7, 11) is 1.45. The van der Waals surface area contributed by atoms with E-state index in [2.05, 4.69) is 5.10 Å². The van der Waals surface area contributed by atoms with Crippen molar-refractivity contribution in [1.82, 2.24) is 9.78 Å². The minimum Gasteiger partial charge on any atom is -0.497 e. The minimum atomic E-state index is -1.62. The summed E-state index contributed by atoms with van der Waals surface area (Å²) in [4.78, 5) is 11.7. The molecule has 1 aliphatic rings. The van der Waals surface area contributed by atoms with E-state index in [-0.39, 0.29) is 31.4 Å². The van der Waals surface area contributed by atoms with Crippen molar-refractivity contribution in [2.45, 2.75) is 83.7 Å². The van der Waals surface area contributed by atoms with Crippen molar-refractivity contribution in [3.8, 4) is 11.6 Å². The van der Waals surface area contributed by atoms with Gasteiger partial charge in [0.15, 0.2) is 0 Å². The van der Waals surface area contributed by atoms with Gasteiger partial charge in [-0.15, -0.1) is 5.10 Å². The van der Waals surface area contributed by atoms with Gasteiger partial charge >= 0.3 is 5.97 Å². The number of hydrogen-bond donors (Lipinski definition) is 3. The standard InChI is InChI=1S/C25H35FN2O8/c1-6-7-20(29)34-12-19-21(30)22(31)23(32)25(35-19)36-24-17(14(4)28(27-24)13(2)3)10-15-8-9-16(33-5)11-18(15)26/h8-9,11,13,19,21-23,25,30-32H,6-7,10,12H2,1-5H3/t19?,21-,22+,23-,25+/m1/s1. The molecule has 1 saturated heterocycles. The van der Waals surface area contributed by atoms with E-state index in [0.29, 0.717) is 23.3 Å². The Morgan fingerprint density at radius 1 is 1.22 bits per heavy atom. The van der Waals surface area contributed by atoms with Crippen LogP contribution >= 0.6 is 0 Å². The topological polar surface area (TPSA) is 132 Å². The Morgan fingerprint density at radius 2 is 1.94 bits per heavy atom. The number of nitrogens with zero attached hydrogens (tertiary/aromatic N) is 2. The zero-order valence-corrected chi connectivity index (χ0v) is 21.2. The molecule has 1 fully saturated rings. The molecule has 2 aromatic rings. The number of esters is 1. The fraction of sp³-hybridized carbons (Fsp3) is 0.600. The summed E-state index contributed by atoms with van der Waals surface area (Å²) >= 11 is 0. The molecule has 11 heteroatoms. The molecule has 0 bridgehead atoms. The van der Waals surface area contributed by atoms with Crippen LogP contribution in [0, 0.1) is 12.7 Å². The molecule has 5 atom stereocenters. The SMILES string of the molecule is CCCC(=O)OCC1O[C@@H](Oc2nn(C(C)C)c(C)c2Cc2ccc(OC)cc2F)[C@H](O)[C@@H](O)[C@@H]1O. The normalized spacial score (nSPS) is 24.1. The highest BCUT2D eigenvalue weighted by Gasteiger charge is 2.46. The predicted octanol–water partition coefficient (Wildman–Crippen LogP) is 2.04. The van der Waals surface area contributed by atoms with Gasteiger partial charge in [-0.2, -0.15) is 0 Å². The van der Waals surface area contributed by atoms with Gasteiger partial charge in [0.2, 0.25) is 12.2 Å². The highest BCUT2D eigenvalue weighted by Crippen LogP contribution is 2.31. The molecule has 10 nitrogen and oxygen atoms in total. The molecule has 0 spiro atoms. The zero-order valence-electron chi connectivity index (χ0n) is 21.2. The Hall–Kier alpha value is -2.73. The van der Waals surface area contributed by atoms with Crippen molar-refractivity contribution in [3.63, 3.8) is 0 Å². The van der Waals surface area contributed by atoms with Crippen LogP contribution in [0.15, 0.2) is 18.2 Å². The lowest BCUT2D eigenvalue weighted by atomic mass is 9.99. The number of hydrogen-bond acceptors (Lipinski definition) is 9. The Bertz CT molecular complexity index is 1040. The van der Waals surface area contributed by atoms with Crippen LogP contribution in [0.3, 0.4) is 0 Å². The Morgan fingerprint density at radius 3 is 2.56 bits per heavy atom. The molecular formula is C25H35FN2O8. The van der Waals surface area contributed by atoms with E-state index < -0.39 is 42.5 Å². The van der Waals surface area contributed by atoms with Gasteiger partial charge in [-0.05, 0) is 38.8 Å². The van der Waals surface area contributed by atoms with Crippen molar-refractivity contribution in [1.29, 1.82) is 0 Å². The Labute approximate surface area is 209 Å². The van der Waals surface area contributed by atoms with Crippen molar-refractivity contribution < 1.29 is 43.5 Å². The van der Waals surface area contributed by atoms with Crippen LogP contribution in [0.1, 0.15) is 56.5 Å². The summed E-state index contributed by atoms with van der Waals surface area (Å²) in [6.07, 6.45) is -6.36. The van der Waals surface area contributed by atoms with Crippen LogP contribution in [-0.2, 0) is 20.7 Å². The first-order valence-corrected chi connectivity index (χ1v) is 12.0. The maximum atomic E-state index is 14.7. The third-order valence-electron chi connectivity index (χ3n) is 6.11. The van der Waals surface area contributed by atoms with Gasteiger partial charge in [-0.3, -0.25) is 9.48 Å². The largest absolute Gasteiger partial charge is 0.497 e. The third kappa shape index (κ3) is 6.15. The van der Waals surface area contributed by atoms with Crippen LogP contribution < -0.4 is 9.47 Å². The zero-order chi connectivity index (χ0) is 26.6. The van der Waals surface area contributed by atoms with Crippen LogP contribution in [0.4, 0.5) is 4.39 Å². The van der Waals surface area contributed by atoms with Gasteiger partial charge in [-0.25, -0.2) is 4.39 Å². The number of aliphatic hydroxyl groups excluding tert-OH is 3. The maximum absolute atomic E-state index is 14.7. The molecule has 3 N–H and O–H groups in total. The number of benzene rings is 1. The highest BCUT2D eigenvalue weighted by molar-refractivity contribution is 5.69. The number of aromatic nitrogens is 2. The molecule has 0 saturated carbocycles. The number of methoxy groups -OCH3 is 1. The van der Waals surface area contributed by atoms with Crippen LogP contribution in [-0.4, -0.2) is 75.5 Å². The first kappa shape index (κ1) is 27.9. The quantitative estimate of drug-likeness (QED) is 0.411. The number of carbonyl (C=O) groups is 1. The van der Waals surface area contributed by atoms with Gasteiger partial charge < -0.3 is 34.3 Å². The molecule has 1 aliphatic heterocycles. The summed E-state index contributed by atoms with van der Waals surface area (Å²) < 4.78 is 38.2. The molecule has 1 unspecified atom stereocenters. The van der Waals surface area contributed by atoms with Crippen molar-refractivity contribution in [2.75, 3.05) is 13.7 Å². The van der Waals surface area contributed by atoms with E-state index in [4.69, 9.17) is 18.9 Å². The molecule has 0 radical (unpaired) electrons. The monoisotopic (exact) mass is 510 g/mol. The maximum Gasteiger partial charge on any atom is 0.305 e. The Kier molecular flexibility index (Phi) is 9.29.